The molecule has 86 valence electrons. The first-order chi connectivity index (χ1) is 7.18. The van der Waals surface area contributed by atoms with Gasteiger partial charge in [-0.2, -0.15) is 0 Å². The van der Waals surface area contributed by atoms with Gasteiger partial charge in [-0.1, -0.05) is 19.8 Å². The third-order valence-electron chi connectivity index (χ3n) is 3.88. The van der Waals surface area contributed by atoms with Crippen LogP contribution in [0.5, 0.6) is 0 Å². The molecule has 1 heterocycles. The summed E-state index contributed by atoms with van der Waals surface area (Å²) in [6, 6.07) is 0.0783. The molecule has 2 aliphatic rings. The minimum Gasteiger partial charge on any atom is -0.336 e. The Morgan fingerprint density at radius 3 is 3.00 bits per heavy atom. The number of urea groups is 1. The van der Waals surface area contributed by atoms with E-state index in [9.17, 15) is 4.79 Å². The van der Waals surface area contributed by atoms with E-state index in [2.05, 4.69) is 12.2 Å². The summed E-state index contributed by atoms with van der Waals surface area (Å²) in [4.78, 5) is 13.7. The number of amides is 2. The van der Waals surface area contributed by atoms with Crippen molar-refractivity contribution >= 4 is 6.03 Å². The predicted octanol–water partition coefficient (Wildman–Crippen LogP) is 0.919. The molecule has 2 atom stereocenters. The first-order valence-electron chi connectivity index (χ1n) is 5.93. The second-order valence-corrected chi connectivity index (χ2v) is 5.01. The molecule has 1 saturated heterocycles. The SMILES string of the molecule is CC1CCCC(CN)(N2CCNC2=O)C1. The van der Waals surface area contributed by atoms with Crippen molar-refractivity contribution in [2.45, 2.75) is 38.1 Å². The quantitative estimate of drug-likeness (QED) is 0.713. The van der Waals surface area contributed by atoms with Gasteiger partial charge in [-0.05, 0) is 18.8 Å². The summed E-state index contributed by atoms with van der Waals surface area (Å²) >= 11 is 0. The van der Waals surface area contributed by atoms with E-state index in [1.165, 1.54) is 12.8 Å². The lowest BCUT2D eigenvalue weighted by molar-refractivity contribution is 0.0832. The van der Waals surface area contributed by atoms with Gasteiger partial charge in [-0.25, -0.2) is 4.79 Å². The van der Waals surface area contributed by atoms with Crippen molar-refractivity contribution in [3.8, 4) is 0 Å². The highest BCUT2D eigenvalue weighted by molar-refractivity contribution is 5.77. The van der Waals surface area contributed by atoms with E-state index in [4.69, 9.17) is 5.73 Å². The maximum absolute atomic E-state index is 11.7. The predicted molar refractivity (Wildman–Crippen MR) is 59.5 cm³/mol. The number of hydrogen-bond acceptors (Lipinski definition) is 2. The molecule has 1 saturated carbocycles. The smallest absolute Gasteiger partial charge is 0.318 e. The summed E-state index contributed by atoms with van der Waals surface area (Å²) < 4.78 is 0. The molecular weight excluding hydrogens is 190 g/mol. The molecular formula is C11H21N3O. The summed E-state index contributed by atoms with van der Waals surface area (Å²) in [6.07, 6.45) is 4.61. The van der Waals surface area contributed by atoms with Crippen LogP contribution >= 0.6 is 0 Å². The lowest BCUT2D eigenvalue weighted by atomic mass is 9.75. The molecule has 0 aromatic heterocycles. The molecule has 3 N–H and O–H groups in total. The van der Waals surface area contributed by atoms with Gasteiger partial charge in [-0.3, -0.25) is 0 Å². The molecule has 1 aliphatic carbocycles. The Kier molecular flexibility index (Phi) is 2.87. The lowest BCUT2D eigenvalue weighted by Crippen LogP contribution is -2.57. The number of hydrogen-bond donors (Lipinski definition) is 2. The Balaban J connectivity index is 2.16. The highest BCUT2D eigenvalue weighted by Crippen LogP contribution is 2.36. The molecule has 0 aromatic rings. The minimum atomic E-state index is -0.0573. The minimum absolute atomic E-state index is 0.0573. The van der Waals surface area contributed by atoms with E-state index in [-0.39, 0.29) is 11.6 Å². The number of nitrogens with zero attached hydrogens (tertiary/aromatic N) is 1. The zero-order chi connectivity index (χ0) is 10.9. The van der Waals surface area contributed by atoms with Crippen LogP contribution in [0.15, 0.2) is 0 Å². The van der Waals surface area contributed by atoms with E-state index in [1.54, 1.807) is 0 Å². The molecule has 2 rings (SSSR count). The normalized spacial score (nSPS) is 36.8. The van der Waals surface area contributed by atoms with E-state index in [0.29, 0.717) is 12.5 Å². The summed E-state index contributed by atoms with van der Waals surface area (Å²) in [5.41, 5.74) is 5.86. The number of nitrogens with one attached hydrogen (secondary N) is 1. The fraction of sp³-hybridized carbons (Fsp3) is 0.909. The van der Waals surface area contributed by atoms with Crippen LogP contribution in [0, 0.1) is 5.92 Å². The Morgan fingerprint density at radius 1 is 1.67 bits per heavy atom. The van der Waals surface area contributed by atoms with Gasteiger partial charge in [0.05, 0.1) is 5.54 Å². The van der Waals surface area contributed by atoms with Crippen LogP contribution in [0.1, 0.15) is 32.6 Å². The molecule has 0 bridgehead atoms. The highest BCUT2D eigenvalue weighted by atomic mass is 16.2. The second-order valence-electron chi connectivity index (χ2n) is 5.01. The highest BCUT2D eigenvalue weighted by Gasteiger charge is 2.43. The summed E-state index contributed by atoms with van der Waals surface area (Å²) in [7, 11) is 0. The molecule has 0 aromatic carbocycles. The Labute approximate surface area is 91.2 Å². The average molecular weight is 211 g/mol. The maximum Gasteiger partial charge on any atom is 0.318 e. The monoisotopic (exact) mass is 211 g/mol. The number of rotatable bonds is 2. The van der Waals surface area contributed by atoms with Gasteiger partial charge in [-0.15, -0.1) is 0 Å². The number of nitrogens with two attached hydrogens (primary N) is 1. The summed E-state index contributed by atoms with van der Waals surface area (Å²) in [6.45, 7) is 4.46. The van der Waals surface area contributed by atoms with Crippen molar-refractivity contribution in [2.24, 2.45) is 11.7 Å². The van der Waals surface area contributed by atoms with Crippen LogP contribution < -0.4 is 11.1 Å². The molecule has 4 heteroatoms. The van der Waals surface area contributed by atoms with Crippen LogP contribution in [0.4, 0.5) is 4.79 Å². The van der Waals surface area contributed by atoms with E-state index in [1.807, 2.05) is 4.90 Å². The topological polar surface area (TPSA) is 58.4 Å². The van der Waals surface area contributed by atoms with Gasteiger partial charge in [0.15, 0.2) is 0 Å². The van der Waals surface area contributed by atoms with Crippen LogP contribution in [0.3, 0.4) is 0 Å². The molecule has 2 amide bonds. The van der Waals surface area contributed by atoms with Crippen molar-refractivity contribution < 1.29 is 4.79 Å². The van der Waals surface area contributed by atoms with E-state index < -0.39 is 0 Å². The summed E-state index contributed by atoms with van der Waals surface area (Å²) in [5, 5.41) is 2.87. The largest absolute Gasteiger partial charge is 0.336 e. The third kappa shape index (κ3) is 1.83. The molecule has 15 heavy (non-hydrogen) atoms. The van der Waals surface area contributed by atoms with Gasteiger partial charge in [0, 0.05) is 19.6 Å². The molecule has 0 radical (unpaired) electrons. The zero-order valence-electron chi connectivity index (χ0n) is 9.46. The van der Waals surface area contributed by atoms with E-state index >= 15 is 0 Å². The standard InChI is InChI=1S/C11H21N3O/c1-9-3-2-4-11(7-9,8-12)14-6-5-13-10(14)15/h9H,2-8,12H2,1H3,(H,13,15). The van der Waals surface area contributed by atoms with Gasteiger partial charge in [0.1, 0.15) is 0 Å². The summed E-state index contributed by atoms with van der Waals surface area (Å²) in [5.74, 6) is 0.690. The van der Waals surface area contributed by atoms with Gasteiger partial charge < -0.3 is 16.0 Å². The Hall–Kier alpha value is -0.770. The molecule has 4 nitrogen and oxygen atoms in total. The van der Waals surface area contributed by atoms with Crippen LogP contribution in [-0.2, 0) is 0 Å². The second kappa shape index (κ2) is 4.00. The fourth-order valence-corrected chi connectivity index (χ4v) is 3.10. The fourth-order valence-electron chi connectivity index (χ4n) is 3.10. The Bertz CT molecular complexity index is 256. The maximum atomic E-state index is 11.7. The van der Waals surface area contributed by atoms with Crippen molar-refractivity contribution in [3.63, 3.8) is 0 Å². The zero-order valence-corrected chi connectivity index (χ0v) is 9.46. The molecule has 2 fully saturated rings. The molecule has 2 unspecified atom stereocenters. The first kappa shape index (κ1) is 10.7. The van der Waals surface area contributed by atoms with Crippen LogP contribution in [0.2, 0.25) is 0 Å². The molecule has 1 aliphatic heterocycles. The van der Waals surface area contributed by atoms with Crippen molar-refractivity contribution in [3.05, 3.63) is 0 Å². The lowest BCUT2D eigenvalue weighted by Gasteiger charge is -2.45. The third-order valence-corrected chi connectivity index (χ3v) is 3.88. The molecule has 0 spiro atoms. The first-order valence-corrected chi connectivity index (χ1v) is 5.93. The Morgan fingerprint density at radius 2 is 2.47 bits per heavy atom. The van der Waals surface area contributed by atoms with Crippen molar-refractivity contribution in [2.75, 3.05) is 19.6 Å². The van der Waals surface area contributed by atoms with Crippen LogP contribution in [-0.4, -0.2) is 36.1 Å². The van der Waals surface area contributed by atoms with Crippen LogP contribution in [0.25, 0.3) is 0 Å². The van der Waals surface area contributed by atoms with Crippen molar-refractivity contribution in [1.82, 2.24) is 10.2 Å². The number of carbonyl (C=O) groups excluding carboxylic acids is 1. The van der Waals surface area contributed by atoms with Gasteiger partial charge in [0.2, 0.25) is 0 Å². The number of carbonyl (C=O) groups is 1. The van der Waals surface area contributed by atoms with Gasteiger partial charge >= 0.3 is 6.03 Å². The van der Waals surface area contributed by atoms with Crippen molar-refractivity contribution in [1.29, 1.82) is 0 Å². The van der Waals surface area contributed by atoms with Gasteiger partial charge in [0.25, 0.3) is 0 Å². The average Bonchev–Trinajstić information content (AvgIpc) is 2.65. The van der Waals surface area contributed by atoms with E-state index in [0.717, 1.165) is 25.9 Å².